The van der Waals surface area contributed by atoms with Gasteiger partial charge in [-0.1, -0.05) is 15.9 Å². The highest BCUT2D eigenvalue weighted by molar-refractivity contribution is 9.10. The van der Waals surface area contributed by atoms with Gasteiger partial charge in [0.15, 0.2) is 0 Å². The number of carbonyl (C=O) groups is 1. The van der Waals surface area contributed by atoms with Crippen LogP contribution in [0.25, 0.3) is 5.65 Å². The normalized spacial score (nSPS) is 10.7. The third-order valence-electron chi connectivity index (χ3n) is 2.56. The molecule has 0 radical (unpaired) electrons. The Morgan fingerprint density at radius 1 is 1.40 bits per heavy atom. The number of ether oxygens (including phenoxy) is 1. The summed E-state index contributed by atoms with van der Waals surface area (Å²) in [4.78, 5) is 15.3. The van der Waals surface area contributed by atoms with Gasteiger partial charge in [0, 0.05) is 16.9 Å². The van der Waals surface area contributed by atoms with E-state index < -0.39 is 5.97 Å². The SMILES string of the molecule is O=C(O)c1cc(Br)ccc1Oc1nccn2cnnc12. The van der Waals surface area contributed by atoms with Crippen molar-refractivity contribution in [3.63, 3.8) is 0 Å². The van der Waals surface area contributed by atoms with Crippen LogP contribution < -0.4 is 4.74 Å². The van der Waals surface area contributed by atoms with E-state index in [0.29, 0.717) is 10.1 Å². The first kappa shape index (κ1) is 12.5. The molecule has 0 fully saturated rings. The van der Waals surface area contributed by atoms with Crippen molar-refractivity contribution in [1.82, 2.24) is 19.6 Å². The standard InChI is InChI=1S/C12H7BrN4O3/c13-7-1-2-9(8(5-7)12(18)19)20-11-10-16-15-6-17(10)4-3-14-11/h1-6H,(H,18,19). The molecule has 1 N–H and O–H groups in total. The number of hydrogen-bond acceptors (Lipinski definition) is 5. The summed E-state index contributed by atoms with van der Waals surface area (Å²) in [6.07, 6.45) is 4.69. The number of nitrogens with zero attached hydrogens (tertiary/aromatic N) is 4. The van der Waals surface area contributed by atoms with Gasteiger partial charge in [-0.05, 0) is 18.2 Å². The van der Waals surface area contributed by atoms with Crippen LogP contribution in [0.4, 0.5) is 0 Å². The van der Waals surface area contributed by atoms with Crippen LogP contribution in [-0.4, -0.2) is 30.7 Å². The van der Waals surface area contributed by atoms with Gasteiger partial charge in [-0.3, -0.25) is 4.40 Å². The minimum Gasteiger partial charge on any atom is -0.478 e. The van der Waals surface area contributed by atoms with Crippen LogP contribution in [0, 0.1) is 0 Å². The van der Waals surface area contributed by atoms with E-state index in [0.717, 1.165) is 0 Å². The molecule has 0 spiro atoms. The van der Waals surface area contributed by atoms with Gasteiger partial charge in [0.25, 0.3) is 5.88 Å². The lowest BCUT2D eigenvalue weighted by Gasteiger charge is -2.08. The molecule has 100 valence electrons. The molecule has 8 heteroatoms. The second-order valence-electron chi connectivity index (χ2n) is 3.84. The predicted molar refractivity (Wildman–Crippen MR) is 72.0 cm³/mol. The number of aromatic nitrogens is 4. The molecule has 0 amide bonds. The molecule has 0 aliphatic carbocycles. The molecule has 3 aromatic rings. The topological polar surface area (TPSA) is 89.6 Å². The van der Waals surface area contributed by atoms with E-state index in [4.69, 9.17) is 4.74 Å². The monoisotopic (exact) mass is 334 g/mol. The zero-order valence-electron chi connectivity index (χ0n) is 9.89. The number of rotatable bonds is 3. The Morgan fingerprint density at radius 2 is 2.25 bits per heavy atom. The number of benzene rings is 1. The maximum atomic E-state index is 11.2. The average molecular weight is 335 g/mol. The number of fused-ring (bicyclic) bond motifs is 1. The quantitative estimate of drug-likeness (QED) is 0.790. The molecule has 0 bridgehead atoms. The Kier molecular flexibility index (Phi) is 3.07. The lowest BCUT2D eigenvalue weighted by molar-refractivity contribution is 0.0694. The van der Waals surface area contributed by atoms with Crippen molar-refractivity contribution in [1.29, 1.82) is 0 Å². The summed E-state index contributed by atoms with van der Waals surface area (Å²) in [5, 5.41) is 16.8. The number of aromatic carboxylic acids is 1. The zero-order valence-corrected chi connectivity index (χ0v) is 11.5. The summed E-state index contributed by atoms with van der Waals surface area (Å²) in [7, 11) is 0. The van der Waals surface area contributed by atoms with E-state index in [9.17, 15) is 9.90 Å². The van der Waals surface area contributed by atoms with Gasteiger partial charge in [0.1, 0.15) is 17.6 Å². The fourth-order valence-electron chi connectivity index (χ4n) is 1.67. The Labute approximate surface area is 121 Å². The Bertz CT molecular complexity index is 802. The molecule has 0 saturated heterocycles. The van der Waals surface area contributed by atoms with Gasteiger partial charge in [-0.25, -0.2) is 9.78 Å². The fraction of sp³-hybridized carbons (Fsp3) is 0. The number of hydrogen-bond donors (Lipinski definition) is 1. The molecule has 2 heterocycles. The molecule has 2 aromatic heterocycles. The van der Waals surface area contributed by atoms with Crippen LogP contribution in [0.15, 0.2) is 41.4 Å². The summed E-state index contributed by atoms with van der Waals surface area (Å²) in [5.41, 5.74) is 0.439. The largest absolute Gasteiger partial charge is 0.478 e. The van der Waals surface area contributed by atoms with Crippen molar-refractivity contribution in [3.05, 3.63) is 47.0 Å². The smallest absolute Gasteiger partial charge is 0.339 e. The molecule has 7 nitrogen and oxygen atoms in total. The van der Waals surface area contributed by atoms with Gasteiger partial charge in [-0.2, -0.15) is 0 Å². The highest BCUT2D eigenvalue weighted by Gasteiger charge is 2.15. The van der Waals surface area contributed by atoms with E-state index in [2.05, 4.69) is 31.1 Å². The summed E-state index contributed by atoms with van der Waals surface area (Å²) in [6, 6.07) is 4.70. The summed E-state index contributed by atoms with van der Waals surface area (Å²) >= 11 is 3.22. The second kappa shape index (κ2) is 4.89. The van der Waals surface area contributed by atoms with Gasteiger partial charge >= 0.3 is 5.97 Å². The first-order chi connectivity index (χ1) is 9.65. The van der Waals surface area contributed by atoms with E-state index >= 15 is 0 Å². The lowest BCUT2D eigenvalue weighted by atomic mass is 10.2. The van der Waals surface area contributed by atoms with Crippen LogP contribution in [-0.2, 0) is 0 Å². The summed E-state index contributed by atoms with van der Waals surface area (Å²) in [6.45, 7) is 0. The highest BCUT2D eigenvalue weighted by Crippen LogP contribution is 2.28. The van der Waals surface area contributed by atoms with Crippen LogP contribution in [0.2, 0.25) is 0 Å². The number of carboxylic acid groups (broad SMARTS) is 1. The third kappa shape index (κ3) is 2.21. The summed E-state index contributed by atoms with van der Waals surface area (Å²) < 4.78 is 7.84. The van der Waals surface area contributed by atoms with Gasteiger partial charge < -0.3 is 9.84 Å². The number of halogens is 1. The van der Waals surface area contributed by atoms with Crippen molar-refractivity contribution in [2.24, 2.45) is 0 Å². The van der Waals surface area contributed by atoms with Crippen LogP contribution in [0.1, 0.15) is 10.4 Å². The van der Waals surface area contributed by atoms with Gasteiger partial charge in [0.2, 0.25) is 5.65 Å². The highest BCUT2D eigenvalue weighted by atomic mass is 79.9. The van der Waals surface area contributed by atoms with E-state index in [1.165, 1.54) is 18.6 Å². The Balaban J connectivity index is 2.07. The summed E-state index contributed by atoms with van der Waals surface area (Å²) in [5.74, 6) is -0.714. The van der Waals surface area contributed by atoms with Crippen molar-refractivity contribution in [3.8, 4) is 11.6 Å². The molecule has 3 rings (SSSR count). The minimum absolute atomic E-state index is 0.0303. The van der Waals surface area contributed by atoms with Crippen LogP contribution in [0.3, 0.4) is 0 Å². The van der Waals surface area contributed by atoms with E-state index in [1.807, 2.05) is 0 Å². The molecule has 0 saturated carbocycles. The van der Waals surface area contributed by atoms with Crippen molar-refractivity contribution < 1.29 is 14.6 Å². The number of carboxylic acids is 1. The maximum Gasteiger partial charge on any atom is 0.339 e. The molecular weight excluding hydrogens is 328 g/mol. The first-order valence-electron chi connectivity index (χ1n) is 5.50. The molecular formula is C12H7BrN4O3. The van der Waals surface area contributed by atoms with E-state index in [1.54, 1.807) is 22.7 Å². The molecule has 20 heavy (non-hydrogen) atoms. The molecule has 0 unspecified atom stereocenters. The van der Waals surface area contributed by atoms with Gasteiger partial charge in [0.05, 0.1) is 0 Å². The molecule has 0 atom stereocenters. The second-order valence-corrected chi connectivity index (χ2v) is 4.76. The zero-order chi connectivity index (χ0) is 14.1. The van der Waals surface area contributed by atoms with Crippen molar-refractivity contribution in [2.75, 3.05) is 0 Å². The molecule has 1 aromatic carbocycles. The maximum absolute atomic E-state index is 11.2. The van der Waals surface area contributed by atoms with Crippen LogP contribution in [0.5, 0.6) is 11.6 Å². The molecule has 0 aliphatic rings. The Morgan fingerprint density at radius 3 is 3.05 bits per heavy atom. The van der Waals surface area contributed by atoms with Gasteiger partial charge in [-0.15, -0.1) is 10.2 Å². The third-order valence-corrected chi connectivity index (χ3v) is 3.06. The first-order valence-corrected chi connectivity index (χ1v) is 6.29. The average Bonchev–Trinajstić information content (AvgIpc) is 2.90. The van der Waals surface area contributed by atoms with Crippen molar-refractivity contribution >= 4 is 27.5 Å². The van der Waals surface area contributed by atoms with Crippen molar-refractivity contribution in [2.45, 2.75) is 0 Å². The predicted octanol–water partition coefficient (Wildman–Crippen LogP) is 2.38. The lowest BCUT2D eigenvalue weighted by Crippen LogP contribution is -2.01. The Hall–Kier alpha value is -2.48. The minimum atomic E-state index is -1.09. The fourth-order valence-corrected chi connectivity index (χ4v) is 2.03. The molecule has 0 aliphatic heterocycles. The van der Waals surface area contributed by atoms with E-state index in [-0.39, 0.29) is 17.2 Å². The van der Waals surface area contributed by atoms with Crippen LogP contribution >= 0.6 is 15.9 Å².